The lowest BCUT2D eigenvalue weighted by Gasteiger charge is -2.29. The second kappa shape index (κ2) is 5.19. The van der Waals surface area contributed by atoms with E-state index in [9.17, 15) is 0 Å². The number of hydrogen-bond donors (Lipinski definition) is 2. The molecule has 88 valence electrons. The minimum atomic E-state index is 0.724. The lowest BCUT2D eigenvalue weighted by Crippen LogP contribution is -2.24. The summed E-state index contributed by atoms with van der Waals surface area (Å²) in [6.07, 6.45) is 9.02. The van der Waals surface area contributed by atoms with Crippen LogP contribution in [0.3, 0.4) is 0 Å². The minimum Gasteiger partial charge on any atom is -0.397 e. The van der Waals surface area contributed by atoms with Gasteiger partial charge in [0.25, 0.3) is 0 Å². The van der Waals surface area contributed by atoms with E-state index >= 15 is 0 Å². The highest BCUT2D eigenvalue weighted by Crippen LogP contribution is 2.29. The molecular formula is C13H21N3. The minimum absolute atomic E-state index is 0.724. The highest BCUT2D eigenvalue weighted by atomic mass is 14.9. The van der Waals surface area contributed by atoms with Gasteiger partial charge in [-0.1, -0.05) is 26.2 Å². The van der Waals surface area contributed by atoms with Crippen LogP contribution in [-0.2, 0) is 0 Å². The van der Waals surface area contributed by atoms with E-state index in [0.29, 0.717) is 0 Å². The lowest BCUT2D eigenvalue weighted by molar-refractivity contribution is 0.268. The monoisotopic (exact) mass is 219 g/mol. The van der Waals surface area contributed by atoms with Gasteiger partial charge in [0.15, 0.2) is 0 Å². The normalized spacial score (nSPS) is 25.3. The number of aromatic nitrogens is 1. The summed E-state index contributed by atoms with van der Waals surface area (Å²) in [5.74, 6) is 1.64. The first-order valence-electron chi connectivity index (χ1n) is 6.20. The topological polar surface area (TPSA) is 50.9 Å². The van der Waals surface area contributed by atoms with Crippen LogP contribution in [0.15, 0.2) is 18.5 Å². The molecule has 0 amide bonds. The fourth-order valence-electron chi connectivity index (χ4n) is 2.50. The summed E-state index contributed by atoms with van der Waals surface area (Å²) in [7, 11) is 0. The predicted molar refractivity (Wildman–Crippen MR) is 68.3 cm³/mol. The van der Waals surface area contributed by atoms with Gasteiger partial charge in [-0.05, 0) is 24.3 Å². The van der Waals surface area contributed by atoms with Crippen LogP contribution in [-0.4, -0.2) is 11.5 Å². The summed E-state index contributed by atoms with van der Waals surface area (Å²) in [5.41, 5.74) is 7.46. The van der Waals surface area contributed by atoms with Crippen LogP contribution >= 0.6 is 0 Å². The van der Waals surface area contributed by atoms with Crippen molar-refractivity contribution in [1.29, 1.82) is 0 Å². The maximum absolute atomic E-state index is 5.69. The average molecular weight is 219 g/mol. The highest BCUT2D eigenvalue weighted by molar-refractivity contribution is 5.51. The molecule has 1 aromatic rings. The van der Waals surface area contributed by atoms with Crippen molar-refractivity contribution in [3.8, 4) is 0 Å². The Balaban J connectivity index is 1.86. The first-order valence-corrected chi connectivity index (χ1v) is 6.20. The summed E-state index contributed by atoms with van der Waals surface area (Å²) in [6.45, 7) is 3.41. The Morgan fingerprint density at radius 3 is 2.94 bits per heavy atom. The van der Waals surface area contributed by atoms with Crippen LogP contribution in [0.25, 0.3) is 0 Å². The van der Waals surface area contributed by atoms with E-state index < -0.39 is 0 Å². The molecule has 3 heteroatoms. The number of nitrogens with two attached hydrogens (primary N) is 1. The zero-order chi connectivity index (χ0) is 11.4. The van der Waals surface area contributed by atoms with Crippen LogP contribution in [0.1, 0.15) is 32.6 Å². The Bertz CT molecular complexity index is 338. The molecular weight excluding hydrogens is 198 g/mol. The Labute approximate surface area is 97.5 Å². The first-order chi connectivity index (χ1) is 7.75. The number of pyridine rings is 1. The number of anilines is 2. The molecule has 2 rings (SSSR count). The van der Waals surface area contributed by atoms with Gasteiger partial charge in [0, 0.05) is 12.7 Å². The molecule has 0 saturated heterocycles. The molecule has 0 aliphatic heterocycles. The van der Waals surface area contributed by atoms with E-state index in [0.717, 1.165) is 29.8 Å². The summed E-state index contributed by atoms with van der Waals surface area (Å²) >= 11 is 0. The second-order valence-electron chi connectivity index (χ2n) is 4.91. The first kappa shape index (κ1) is 11.2. The van der Waals surface area contributed by atoms with Crippen molar-refractivity contribution in [2.24, 2.45) is 11.8 Å². The summed E-state index contributed by atoms with van der Waals surface area (Å²) < 4.78 is 0. The SMILES string of the molecule is CC1CCCCC1CNc1cncc(N)c1. The van der Waals surface area contributed by atoms with Crippen LogP contribution in [0.2, 0.25) is 0 Å². The second-order valence-corrected chi connectivity index (χ2v) is 4.91. The Morgan fingerprint density at radius 1 is 1.38 bits per heavy atom. The summed E-state index contributed by atoms with van der Waals surface area (Å²) in [4.78, 5) is 4.08. The molecule has 16 heavy (non-hydrogen) atoms. The molecule has 2 unspecified atom stereocenters. The molecule has 3 N–H and O–H groups in total. The third kappa shape index (κ3) is 2.87. The van der Waals surface area contributed by atoms with Gasteiger partial charge in [-0.2, -0.15) is 0 Å². The Kier molecular flexibility index (Phi) is 3.65. The van der Waals surface area contributed by atoms with Crippen LogP contribution < -0.4 is 11.1 Å². The molecule has 0 spiro atoms. The van der Waals surface area contributed by atoms with E-state index in [1.54, 1.807) is 6.20 Å². The summed E-state index contributed by atoms with van der Waals surface area (Å²) in [5, 5.41) is 3.44. The zero-order valence-electron chi connectivity index (χ0n) is 9.95. The van der Waals surface area contributed by atoms with Gasteiger partial charge in [-0.25, -0.2) is 0 Å². The molecule has 0 aromatic carbocycles. The van der Waals surface area contributed by atoms with E-state index in [4.69, 9.17) is 5.73 Å². The zero-order valence-corrected chi connectivity index (χ0v) is 9.95. The van der Waals surface area contributed by atoms with Crippen molar-refractivity contribution < 1.29 is 0 Å². The fourth-order valence-corrected chi connectivity index (χ4v) is 2.50. The van der Waals surface area contributed by atoms with Gasteiger partial charge >= 0.3 is 0 Å². The number of nitrogens with one attached hydrogen (secondary N) is 1. The fraction of sp³-hybridized carbons (Fsp3) is 0.615. The van der Waals surface area contributed by atoms with Crippen molar-refractivity contribution in [3.05, 3.63) is 18.5 Å². The molecule has 0 radical (unpaired) electrons. The lowest BCUT2D eigenvalue weighted by atomic mass is 9.80. The Morgan fingerprint density at radius 2 is 2.19 bits per heavy atom. The van der Waals surface area contributed by atoms with E-state index in [-0.39, 0.29) is 0 Å². The van der Waals surface area contributed by atoms with Crippen molar-refractivity contribution in [1.82, 2.24) is 4.98 Å². The van der Waals surface area contributed by atoms with E-state index in [2.05, 4.69) is 17.2 Å². The maximum Gasteiger partial charge on any atom is 0.0547 e. The molecule has 1 saturated carbocycles. The van der Waals surface area contributed by atoms with Gasteiger partial charge in [-0.15, -0.1) is 0 Å². The molecule has 1 aliphatic carbocycles. The molecule has 2 atom stereocenters. The van der Waals surface area contributed by atoms with Crippen molar-refractivity contribution in [2.75, 3.05) is 17.6 Å². The molecule has 3 nitrogen and oxygen atoms in total. The molecule has 0 bridgehead atoms. The van der Waals surface area contributed by atoms with Crippen molar-refractivity contribution in [2.45, 2.75) is 32.6 Å². The van der Waals surface area contributed by atoms with Gasteiger partial charge in [0.1, 0.15) is 0 Å². The van der Waals surface area contributed by atoms with Gasteiger partial charge < -0.3 is 11.1 Å². The smallest absolute Gasteiger partial charge is 0.0547 e. The molecule has 1 fully saturated rings. The third-order valence-corrected chi connectivity index (χ3v) is 3.62. The number of hydrogen-bond acceptors (Lipinski definition) is 3. The largest absolute Gasteiger partial charge is 0.397 e. The van der Waals surface area contributed by atoms with Crippen LogP contribution in [0.4, 0.5) is 11.4 Å². The standard InChI is InChI=1S/C13H21N3/c1-10-4-2-3-5-11(10)7-16-13-6-12(14)8-15-9-13/h6,8-11,16H,2-5,7,14H2,1H3. The summed E-state index contributed by atoms with van der Waals surface area (Å²) in [6, 6.07) is 1.94. The molecule has 1 aromatic heterocycles. The molecule has 1 aliphatic rings. The van der Waals surface area contributed by atoms with E-state index in [1.807, 2.05) is 12.3 Å². The molecule has 1 heterocycles. The average Bonchev–Trinajstić information content (AvgIpc) is 2.28. The van der Waals surface area contributed by atoms with Crippen molar-refractivity contribution >= 4 is 11.4 Å². The van der Waals surface area contributed by atoms with Crippen LogP contribution in [0, 0.1) is 11.8 Å². The van der Waals surface area contributed by atoms with E-state index in [1.165, 1.54) is 25.7 Å². The number of nitrogens with zero attached hydrogens (tertiary/aromatic N) is 1. The number of rotatable bonds is 3. The Hall–Kier alpha value is -1.25. The predicted octanol–water partition coefficient (Wildman–Crippen LogP) is 2.90. The van der Waals surface area contributed by atoms with Crippen molar-refractivity contribution in [3.63, 3.8) is 0 Å². The van der Waals surface area contributed by atoms with Gasteiger partial charge in [0.2, 0.25) is 0 Å². The van der Waals surface area contributed by atoms with Gasteiger partial charge in [0.05, 0.1) is 17.6 Å². The van der Waals surface area contributed by atoms with Gasteiger partial charge in [-0.3, -0.25) is 4.98 Å². The quantitative estimate of drug-likeness (QED) is 0.821. The highest BCUT2D eigenvalue weighted by Gasteiger charge is 2.20. The number of nitrogen functional groups attached to an aromatic ring is 1. The van der Waals surface area contributed by atoms with Crippen LogP contribution in [0.5, 0.6) is 0 Å². The third-order valence-electron chi connectivity index (χ3n) is 3.62. The maximum atomic E-state index is 5.69.